The van der Waals surface area contributed by atoms with Gasteiger partial charge >= 0.3 is 0 Å². The number of anilines is 1. The van der Waals surface area contributed by atoms with Gasteiger partial charge < -0.3 is 10.5 Å². The molecule has 26 heavy (non-hydrogen) atoms. The molecule has 0 amide bonds. The molecule has 1 aliphatic rings. The molecule has 0 radical (unpaired) electrons. The van der Waals surface area contributed by atoms with Crippen LogP contribution in [0.25, 0.3) is 0 Å². The lowest BCUT2D eigenvalue weighted by atomic mass is 10.1. The Morgan fingerprint density at radius 3 is 2.77 bits per heavy atom. The van der Waals surface area contributed by atoms with Crippen molar-refractivity contribution in [1.29, 1.82) is 5.26 Å². The van der Waals surface area contributed by atoms with Gasteiger partial charge in [-0.15, -0.1) is 0 Å². The summed E-state index contributed by atoms with van der Waals surface area (Å²) in [6, 6.07) is 5.82. The predicted octanol–water partition coefficient (Wildman–Crippen LogP) is 2.56. The quantitative estimate of drug-likeness (QED) is 0.515. The minimum absolute atomic E-state index is 0.00603. The molecular formula is C18H18FN5O2. The van der Waals surface area contributed by atoms with E-state index in [1.165, 1.54) is 25.4 Å². The van der Waals surface area contributed by atoms with Crippen LogP contribution in [0.4, 0.5) is 10.2 Å². The molecule has 8 heteroatoms. The van der Waals surface area contributed by atoms with Gasteiger partial charge in [-0.1, -0.05) is 12.8 Å². The number of methoxy groups -OCH3 is 1. The fourth-order valence-electron chi connectivity index (χ4n) is 2.96. The van der Waals surface area contributed by atoms with Crippen LogP contribution in [0, 0.1) is 17.1 Å². The van der Waals surface area contributed by atoms with Gasteiger partial charge in [0.1, 0.15) is 29.0 Å². The van der Waals surface area contributed by atoms with E-state index < -0.39 is 11.6 Å². The van der Waals surface area contributed by atoms with Crippen LogP contribution in [-0.2, 0) is 0 Å². The summed E-state index contributed by atoms with van der Waals surface area (Å²) >= 11 is 0. The highest BCUT2D eigenvalue weighted by Crippen LogP contribution is 2.23. The second kappa shape index (κ2) is 7.35. The maximum Gasteiger partial charge on any atom is 0.232 e. The van der Waals surface area contributed by atoms with Gasteiger partial charge in [-0.25, -0.2) is 4.39 Å². The van der Waals surface area contributed by atoms with Crippen LogP contribution >= 0.6 is 0 Å². The normalized spacial score (nSPS) is 15.0. The number of nitrogens with zero attached hydrogens (tertiary/aromatic N) is 4. The van der Waals surface area contributed by atoms with Crippen LogP contribution < -0.4 is 10.5 Å². The molecule has 134 valence electrons. The lowest BCUT2D eigenvalue weighted by molar-refractivity contribution is 0.105. The molecule has 0 bridgehead atoms. The highest BCUT2D eigenvalue weighted by molar-refractivity contribution is 6.46. The van der Waals surface area contributed by atoms with E-state index >= 15 is 0 Å². The SMILES string of the molecule is COc1ccc(C(=O)/C(=N/C2CCCC2)n2ncc(C#N)c2N)c(F)c1. The Morgan fingerprint density at radius 2 is 2.19 bits per heavy atom. The Balaban J connectivity index is 2.07. The van der Waals surface area contributed by atoms with Crippen molar-refractivity contribution in [3.63, 3.8) is 0 Å². The van der Waals surface area contributed by atoms with Gasteiger partial charge in [-0.05, 0) is 25.0 Å². The first kappa shape index (κ1) is 17.6. The predicted molar refractivity (Wildman–Crippen MR) is 93.7 cm³/mol. The number of aliphatic imine (C=N–C) groups is 1. The molecule has 0 unspecified atom stereocenters. The lowest BCUT2D eigenvalue weighted by Gasteiger charge is -2.12. The molecule has 1 heterocycles. The lowest BCUT2D eigenvalue weighted by Crippen LogP contribution is -2.28. The topological polar surface area (TPSA) is 106 Å². The van der Waals surface area contributed by atoms with Crippen LogP contribution in [-0.4, -0.2) is 34.6 Å². The zero-order valence-corrected chi connectivity index (χ0v) is 14.3. The van der Waals surface area contributed by atoms with Gasteiger partial charge in [0, 0.05) is 6.07 Å². The van der Waals surface area contributed by atoms with E-state index in [-0.39, 0.29) is 28.8 Å². The van der Waals surface area contributed by atoms with E-state index in [1.807, 2.05) is 6.07 Å². The number of hydrogen-bond acceptors (Lipinski definition) is 6. The first-order chi connectivity index (χ1) is 12.5. The average Bonchev–Trinajstić information content (AvgIpc) is 3.28. The molecule has 3 rings (SSSR count). The number of benzene rings is 1. The molecule has 1 aromatic carbocycles. The Labute approximate surface area is 149 Å². The molecule has 2 N–H and O–H groups in total. The van der Waals surface area contributed by atoms with Crippen molar-refractivity contribution in [2.24, 2.45) is 4.99 Å². The molecule has 1 saturated carbocycles. The fourth-order valence-corrected chi connectivity index (χ4v) is 2.96. The standard InChI is InChI=1S/C18H18FN5O2/c1-26-13-6-7-14(15(19)8-13)16(25)18(23-12-4-2-3-5-12)24-17(21)11(9-20)10-22-24/h6-8,10,12H,2-5,21H2,1H3/b23-18-. The molecule has 1 aromatic heterocycles. The summed E-state index contributed by atoms with van der Waals surface area (Å²) in [6.45, 7) is 0. The second-order valence-electron chi connectivity index (χ2n) is 6.03. The third-order valence-electron chi connectivity index (χ3n) is 4.38. The number of Topliss-reactive ketones (excluding diaryl/α,β-unsaturated/α-hetero) is 1. The minimum atomic E-state index is -0.722. The molecule has 0 spiro atoms. The third-order valence-corrected chi connectivity index (χ3v) is 4.38. The number of halogens is 1. The van der Waals surface area contributed by atoms with Crippen molar-refractivity contribution in [2.75, 3.05) is 12.8 Å². The number of nitrogens with two attached hydrogens (primary N) is 1. The van der Waals surface area contributed by atoms with E-state index in [0.717, 1.165) is 36.4 Å². The van der Waals surface area contributed by atoms with Crippen molar-refractivity contribution in [1.82, 2.24) is 9.78 Å². The largest absolute Gasteiger partial charge is 0.497 e. The van der Waals surface area contributed by atoms with Gasteiger partial charge in [0.15, 0.2) is 5.84 Å². The number of carbonyl (C=O) groups excluding carboxylic acids is 1. The van der Waals surface area contributed by atoms with Crippen molar-refractivity contribution in [3.8, 4) is 11.8 Å². The molecule has 0 saturated heterocycles. The van der Waals surface area contributed by atoms with Crippen molar-refractivity contribution in [2.45, 2.75) is 31.7 Å². The third kappa shape index (κ3) is 3.28. The van der Waals surface area contributed by atoms with E-state index in [9.17, 15) is 9.18 Å². The Bertz CT molecular complexity index is 907. The van der Waals surface area contributed by atoms with Gasteiger partial charge in [-0.2, -0.15) is 15.0 Å². The number of nitrogen functional groups attached to an aromatic ring is 1. The number of ether oxygens (including phenoxy) is 1. The molecular weight excluding hydrogens is 337 g/mol. The highest BCUT2D eigenvalue weighted by Gasteiger charge is 2.26. The van der Waals surface area contributed by atoms with Gasteiger partial charge in [0.2, 0.25) is 5.78 Å². The van der Waals surface area contributed by atoms with Crippen LogP contribution in [0.15, 0.2) is 29.4 Å². The van der Waals surface area contributed by atoms with Gasteiger partial charge in [-0.3, -0.25) is 9.79 Å². The summed E-state index contributed by atoms with van der Waals surface area (Å²) in [7, 11) is 1.41. The van der Waals surface area contributed by atoms with Crippen LogP contribution in [0.1, 0.15) is 41.6 Å². The molecule has 2 aromatic rings. The smallest absolute Gasteiger partial charge is 0.232 e. The molecule has 0 atom stereocenters. The summed E-state index contributed by atoms with van der Waals surface area (Å²) in [6.07, 6.45) is 4.98. The first-order valence-electron chi connectivity index (χ1n) is 8.25. The zero-order valence-electron chi connectivity index (χ0n) is 14.3. The van der Waals surface area contributed by atoms with E-state index in [4.69, 9.17) is 15.7 Å². The van der Waals surface area contributed by atoms with Gasteiger partial charge in [0.05, 0.1) is 24.9 Å². The van der Waals surface area contributed by atoms with Crippen molar-refractivity contribution < 1.29 is 13.9 Å². The van der Waals surface area contributed by atoms with Crippen molar-refractivity contribution in [3.05, 3.63) is 41.3 Å². The molecule has 7 nitrogen and oxygen atoms in total. The molecule has 1 fully saturated rings. The van der Waals surface area contributed by atoms with E-state index in [1.54, 1.807) is 0 Å². The molecule has 0 aliphatic heterocycles. The summed E-state index contributed by atoms with van der Waals surface area (Å²) in [5, 5.41) is 13.1. The average molecular weight is 355 g/mol. The van der Waals surface area contributed by atoms with Crippen LogP contribution in [0.3, 0.4) is 0 Å². The summed E-state index contributed by atoms with van der Waals surface area (Å²) in [5.74, 6) is -1.14. The van der Waals surface area contributed by atoms with Crippen LogP contribution in [0.5, 0.6) is 5.75 Å². The molecule has 1 aliphatic carbocycles. The zero-order chi connectivity index (χ0) is 18.7. The second-order valence-corrected chi connectivity index (χ2v) is 6.03. The van der Waals surface area contributed by atoms with E-state index in [2.05, 4.69) is 10.1 Å². The monoisotopic (exact) mass is 355 g/mol. The summed E-state index contributed by atoms with van der Waals surface area (Å²) in [5.41, 5.74) is 5.89. The summed E-state index contributed by atoms with van der Waals surface area (Å²) in [4.78, 5) is 17.5. The first-order valence-corrected chi connectivity index (χ1v) is 8.25. The van der Waals surface area contributed by atoms with Gasteiger partial charge in [0.25, 0.3) is 0 Å². The fraction of sp³-hybridized carbons (Fsp3) is 0.333. The Kier molecular flexibility index (Phi) is 4.98. The van der Waals surface area contributed by atoms with Crippen LogP contribution in [0.2, 0.25) is 0 Å². The highest BCUT2D eigenvalue weighted by atomic mass is 19.1. The number of carbonyl (C=O) groups is 1. The summed E-state index contributed by atoms with van der Waals surface area (Å²) < 4.78 is 20.5. The number of nitriles is 1. The number of ketones is 1. The Hall–Kier alpha value is -3.21. The minimum Gasteiger partial charge on any atom is -0.497 e. The number of hydrogen-bond donors (Lipinski definition) is 1. The number of rotatable bonds is 4. The number of aromatic nitrogens is 2. The maximum atomic E-state index is 14.4. The van der Waals surface area contributed by atoms with E-state index in [0.29, 0.717) is 5.75 Å². The van der Waals surface area contributed by atoms with Crippen molar-refractivity contribution >= 4 is 17.4 Å². The Morgan fingerprint density at radius 1 is 1.46 bits per heavy atom. The maximum absolute atomic E-state index is 14.4.